The SMILES string of the molecule is COc1c(C(Cc2ccccc2Br)NN)ccc(C)c1C. The van der Waals surface area contributed by atoms with Crippen LogP contribution in [0.1, 0.15) is 28.3 Å². The maximum atomic E-state index is 5.79. The normalized spacial score (nSPS) is 12.2. The van der Waals surface area contributed by atoms with Crippen LogP contribution in [0, 0.1) is 13.8 Å². The summed E-state index contributed by atoms with van der Waals surface area (Å²) >= 11 is 3.59. The standard InChI is InChI=1S/C17H21BrN2O/c1-11-8-9-14(17(21-3)12(11)2)16(20-19)10-13-6-4-5-7-15(13)18/h4-9,16,20H,10,19H2,1-3H3. The molecule has 1 atom stereocenters. The van der Waals surface area contributed by atoms with Crippen molar-refractivity contribution in [2.24, 2.45) is 5.84 Å². The lowest BCUT2D eigenvalue weighted by molar-refractivity contribution is 0.395. The quantitative estimate of drug-likeness (QED) is 0.637. The number of rotatable bonds is 5. The van der Waals surface area contributed by atoms with E-state index in [4.69, 9.17) is 10.6 Å². The number of ether oxygens (including phenoxy) is 1. The fourth-order valence-corrected chi connectivity index (χ4v) is 2.95. The minimum atomic E-state index is -0.00190. The van der Waals surface area contributed by atoms with Crippen molar-refractivity contribution in [3.05, 3.63) is 63.1 Å². The molecule has 0 amide bonds. The summed E-state index contributed by atoms with van der Waals surface area (Å²) in [7, 11) is 1.71. The van der Waals surface area contributed by atoms with Crippen molar-refractivity contribution >= 4 is 15.9 Å². The van der Waals surface area contributed by atoms with E-state index in [9.17, 15) is 0 Å². The predicted octanol–water partition coefficient (Wildman–Crippen LogP) is 3.82. The Labute approximate surface area is 134 Å². The molecule has 0 aliphatic rings. The number of halogens is 1. The molecule has 2 rings (SSSR count). The second-order valence-electron chi connectivity index (χ2n) is 5.14. The van der Waals surface area contributed by atoms with Gasteiger partial charge in [-0.05, 0) is 43.0 Å². The summed E-state index contributed by atoms with van der Waals surface area (Å²) in [5.41, 5.74) is 7.58. The van der Waals surface area contributed by atoms with E-state index in [0.29, 0.717) is 0 Å². The third-order valence-corrected chi connectivity index (χ3v) is 4.64. The first-order valence-corrected chi connectivity index (χ1v) is 7.71. The molecule has 2 aromatic carbocycles. The van der Waals surface area contributed by atoms with Gasteiger partial charge in [0.05, 0.1) is 13.2 Å². The summed E-state index contributed by atoms with van der Waals surface area (Å²) in [6.07, 6.45) is 0.788. The molecule has 1 unspecified atom stereocenters. The summed E-state index contributed by atoms with van der Waals surface area (Å²) in [4.78, 5) is 0. The molecule has 112 valence electrons. The molecular formula is C17H21BrN2O. The van der Waals surface area contributed by atoms with E-state index >= 15 is 0 Å². The molecule has 0 saturated carbocycles. The molecule has 0 aromatic heterocycles. The molecule has 21 heavy (non-hydrogen) atoms. The summed E-state index contributed by atoms with van der Waals surface area (Å²) in [5.74, 6) is 6.70. The van der Waals surface area contributed by atoms with Crippen LogP contribution >= 0.6 is 15.9 Å². The van der Waals surface area contributed by atoms with Crippen molar-refractivity contribution in [2.75, 3.05) is 7.11 Å². The average molecular weight is 349 g/mol. The van der Waals surface area contributed by atoms with Gasteiger partial charge in [-0.15, -0.1) is 0 Å². The summed E-state index contributed by atoms with van der Waals surface area (Å²) < 4.78 is 6.69. The number of hydrogen-bond donors (Lipinski definition) is 2. The Morgan fingerprint density at radius 2 is 1.90 bits per heavy atom. The highest BCUT2D eigenvalue weighted by Crippen LogP contribution is 2.33. The molecule has 3 N–H and O–H groups in total. The van der Waals surface area contributed by atoms with Crippen LogP contribution in [0.5, 0.6) is 5.75 Å². The van der Waals surface area contributed by atoms with Crippen molar-refractivity contribution in [3.8, 4) is 5.75 Å². The first-order chi connectivity index (χ1) is 10.1. The molecule has 0 radical (unpaired) electrons. The van der Waals surface area contributed by atoms with Crippen LogP contribution in [-0.2, 0) is 6.42 Å². The van der Waals surface area contributed by atoms with Crippen LogP contribution in [0.2, 0.25) is 0 Å². The number of nitrogens with one attached hydrogen (secondary N) is 1. The van der Waals surface area contributed by atoms with Gasteiger partial charge in [-0.1, -0.05) is 46.3 Å². The third-order valence-electron chi connectivity index (χ3n) is 3.87. The van der Waals surface area contributed by atoms with E-state index in [1.165, 1.54) is 11.1 Å². The van der Waals surface area contributed by atoms with Gasteiger partial charge in [0.25, 0.3) is 0 Å². The van der Waals surface area contributed by atoms with Crippen molar-refractivity contribution in [1.29, 1.82) is 0 Å². The Morgan fingerprint density at radius 1 is 1.19 bits per heavy atom. The summed E-state index contributed by atoms with van der Waals surface area (Å²) in [6.45, 7) is 4.16. The van der Waals surface area contributed by atoms with E-state index in [-0.39, 0.29) is 6.04 Å². The molecular weight excluding hydrogens is 328 g/mol. The van der Waals surface area contributed by atoms with Crippen LogP contribution in [0.3, 0.4) is 0 Å². The van der Waals surface area contributed by atoms with Gasteiger partial charge in [-0.2, -0.15) is 0 Å². The number of hydrazine groups is 1. The molecule has 4 heteroatoms. The zero-order valence-electron chi connectivity index (χ0n) is 12.6. The Bertz CT molecular complexity index is 628. The topological polar surface area (TPSA) is 47.3 Å². The molecule has 0 aliphatic carbocycles. The molecule has 2 aromatic rings. The van der Waals surface area contributed by atoms with Crippen LogP contribution in [0.15, 0.2) is 40.9 Å². The van der Waals surface area contributed by atoms with Crippen molar-refractivity contribution in [3.63, 3.8) is 0 Å². The van der Waals surface area contributed by atoms with Gasteiger partial charge in [-0.3, -0.25) is 11.3 Å². The van der Waals surface area contributed by atoms with Crippen LogP contribution in [0.4, 0.5) is 0 Å². The number of methoxy groups -OCH3 is 1. The zero-order valence-corrected chi connectivity index (χ0v) is 14.2. The Morgan fingerprint density at radius 3 is 2.52 bits per heavy atom. The highest BCUT2D eigenvalue weighted by Gasteiger charge is 2.18. The molecule has 0 aliphatic heterocycles. The third kappa shape index (κ3) is 3.46. The van der Waals surface area contributed by atoms with Gasteiger partial charge >= 0.3 is 0 Å². The number of aryl methyl sites for hydroxylation is 1. The highest BCUT2D eigenvalue weighted by atomic mass is 79.9. The number of benzene rings is 2. The van der Waals surface area contributed by atoms with Gasteiger partial charge in [0.2, 0.25) is 0 Å². The van der Waals surface area contributed by atoms with Crippen molar-refractivity contribution in [1.82, 2.24) is 5.43 Å². The first kappa shape index (κ1) is 16.0. The van der Waals surface area contributed by atoms with Gasteiger partial charge in [0.1, 0.15) is 5.75 Å². The minimum absolute atomic E-state index is 0.00190. The van der Waals surface area contributed by atoms with Gasteiger partial charge < -0.3 is 4.74 Å². The van der Waals surface area contributed by atoms with Crippen LogP contribution in [0.25, 0.3) is 0 Å². The smallest absolute Gasteiger partial charge is 0.126 e. The Balaban J connectivity index is 2.38. The zero-order chi connectivity index (χ0) is 15.4. The lowest BCUT2D eigenvalue weighted by atomic mass is 9.95. The van der Waals surface area contributed by atoms with E-state index in [1.807, 2.05) is 18.2 Å². The van der Waals surface area contributed by atoms with Crippen molar-refractivity contribution < 1.29 is 4.74 Å². The van der Waals surface area contributed by atoms with Gasteiger partial charge in [0, 0.05) is 10.0 Å². The molecule has 0 heterocycles. The lowest BCUT2D eigenvalue weighted by Crippen LogP contribution is -2.30. The molecule has 0 fully saturated rings. The minimum Gasteiger partial charge on any atom is -0.496 e. The van der Waals surface area contributed by atoms with Crippen LogP contribution < -0.4 is 16.0 Å². The largest absolute Gasteiger partial charge is 0.496 e. The fraction of sp³-hybridized carbons (Fsp3) is 0.294. The summed E-state index contributed by atoms with van der Waals surface area (Å²) in [5, 5.41) is 0. The molecule has 3 nitrogen and oxygen atoms in total. The van der Waals surface area contributed by atoms with E-state index < -0.39 is 0 Å². The maximum absolute atomic E-state index is 5.79. The molecule has 0 bridgehead atoms. The molecule has 0 spiro atoms. The van der Waals surface area contributed by atoms with Crippen LogP contribution in [-0.4, -0.2) is 7.11 Å². The Kier molecular flexibility index (Phi) is 5.39. The monoisotopic (exact) mass is 348 g/mol. The van der Waals surface area contributed by atoms with Gasteiger partial charge in [0.15, 0.2) is 0 Å². The number of hydrogen-bond acceptors (Lipinski definition) is 3. The maximum Gasteiger partial charge on any atom is 0.126 e. The second kappa shape index (κ2) is 7.07. The fourth-order valence-electron chi connectivity index (χ4n) is 2.50. The molecule has 0 saturated heterocycles. The predicted molar refractivity (Wildman–Crippen MR) is 90.4 cm³/mol. The Hall–Kier alpha value is -1.36. The second-order valence-corrected chi connectivity index (χ2v) is 6.00. The van der Waals surface area contributed by atoms with Gasteiger partial charge in [-0.25, -0.2) is 0 Å². The van der Waals surface area contributed by atoms with Crippen molar-refractivity contribution in [2.45, 2.75) is 26.3 Å². The average Bonchev–Trinajstić information content (AvgIpc) is 2.49. The highest BCUT2D eigenvalue weighted by molar-refractivity contribution is 9.10. The van der Waals surface area contributed by atoms with E-state index in [0.717, 1.165) is 27.8 Å². The lowest BCUT2D eigenvalue weighted by Gasteiger charge is -2.22. The van der Waals surface area contributed by atoms with E-state index in [1.54, 1.807) is 7.11 Å². The summed E-state index contributed by atoms with van der Waals surface area (Å²) in [6, 6.07) is 12.4. The number of nitrogens with two attached hydrogens (primary N) is 1. The first-order valence-electron chi connectivity index (χ1n) is 6.92. The van der Waals surface area contributed by atoms with E-state index in [2.05, 4.69) is 53.4 Å².